The van der Waals surface area contributed by atoms with Crippen molar-refractivity contribution in [2.24, 2.45) is 5.18 Å². The number of carbonyl (C=O) groups is 1. The zero-order chi connectivity index (χ0) is 10.2. The second kappa shape index (κ2) is 3.46. The summed E-state index contributed by atoms with van der Waals surface area (Å²) in [7, 11) is 0. The highest BCUT2D eigenvalue weighted by atomic mass is 16.4. The van der Waals surface area contributed by atoms with Crippen molar-refractivity contribution in [1.82, 2.24) is 0 Å². The fraction of sp³-hybridized carbons (Fsp3) is 0.833. The first-order valence-corrected chi connectivity index (χ1v) is 3.59. The monoisotopic (exact) mass is 191 g/mol. The summed E-state index contributed by atoms with van der Waals surface area (Å²) in [6.07, 6.45) is -7.15. The van der Waals surface area contributed by atoms with Gasteiger partial charge in [0.15, 0.2) is 11.8 Å². The van der Waals surface area contributed by atoms with Gasteiger partial charge in [0.05, 0.1) is 0 Å². The molecule has 0 aliphatic heterocycles. The average Bonchev–Trinajstić information content (AvgIpc) is 2.13. The van der Waals surface area contributed by atoms with E-state index in [0.717, 1.165) is 0 Å². The molecule has 1 fully saturated rings. The molecular formula is C6H9NO6. The Kier molecular flexibility index (Phi) is 2.71. The summed E-state index contributed by atoms with van der Waals surface area (Å²) < 4.78 is 0. The molecule has 0 radical (unpaired) electrons. The summed E-state index contributed by atoms with van der Waals surface area (Å²) in [5.74, 6) is -1.08. The van der Waals surface area contributed by atoms with E-state index in [1.165, 1.54) is 0 Å². The second-order valence-electron chi connectivity index (χ2n) is 2.87. The highest BCUT2D eigenvalue weighted by molar-refractivity contribution is 5.90. The molecule has 1 aliphatic rings. The van der Waals surface area contributed by atoms with Gasteiger partial charge < -0.3 is 20.4 Å². The quantitative estimate of drug-likeness (QED) is 0.330. The number of ketones is 1. The molecule has 0 bridgehead atoms. The van der Waals surface area contributed by atoms with Crippen LogP contribution in [0.4, 0.5) is 0 Å². The van der Waals surface area contributed by atoms with E-state index in [2.05, 4.69) is 5.18 Å². The van der Waals surface area contributed by atoms with Gasteiger partial charge in [-0.05, 0) is 0 Å². The lowest BCUT2D eigenvalue weighted by Crippen LogP contribution is -2.60. The molecule has 5 atom stereocenters. The molecule has 13 heavy (non-hydrogen) atoms. The Morgan fingerprint density at radius 3 is 2.00 bits per heavy atom. The van der Waals surface area contributed by atoms with Crippen LogP contribution in [0.5, 0.6) is 0 Å². The van der Waals surface area contributed by atoms with Crippen molar-refractivity contribution in [1.29, 1.82) is 0 Å². The van der Waals surface area contributed by atoms with Gasteiger partial charge in [-0.15, -0.1) is 4.91 Å². The van der Waals surface area contributed by atoms with Crippen molar-refractivity contribution >= 4 is 5.78 Å². The number of hydrogen-bond donors (Lipinski definition) is 4. The summed E-state index contributed by atoms with van der Waals surface area (Å²) in [6.45, 7) is 0. The number of carbonyl (C=O) groups excluding carboxylic acids is 1. The lowest BCUT2D eigenvalue weighted by Gasteiger charge is -2.33. The maximum absolute atomic E-state index is 10.9. The van der Waals surface area contributed by atoms with Crippen LogP contribution in [0.3, 0.4) is 0 Å². The molecule has 0 heterocycles. The predicted octanol–water partition coefficient (Wildman–Crippen LogP) is -2.85. The van der Waals surface area contributed by atoms with Crippen molar-refractivity contribution < 1.29 is 25.2 Å². The smallest absolute Gasteiger partial charge is 0.194 e. The summed E-state index contributed by atoms with van der Waals surface area (Å²) in [6, 6.07) is -1.71. The SMILES string of the molecule is O=N[C@@H]1C(=O)[C@@H](O)[C@H](O)[C@@H](O)[C@@H]1O. The van der Waals surface area contributed by atoms with E-state index in [4.69, 9.17) is 20.4 Å². The molecule has 0 unspecified atom stereocenters. The molecule has 1 saturated carbocycles. The van der Waals surface area contributed by atoms with Crippen molar-refractivity contribution in [3.05, 3.63) is 4.91 Å². The molecule has 7 heteroatoms. The van der Waals surface area contributed by atoms with Crippen LogP contribution in [0.25, 0.3) is 0 Å². The normalized spacial score (nSPS) is 46.2. The molecular weight excluding hydrogens is 182 g/mol. The summed E-state index contributed by atoms with van der Waals surface area (Å²) in [4.78, 5) is 21.0. The zero-order valence-corrected chi connectivity index (χ0v) is 6.44. The van der Waals surface area contributed by atoms with Gasteiger partial charge in [0.2, 0.25) is 0 Å². The third kappa shape index (κ3) is 1.46. The number of Topliss-reactive ketones (excluding diaryl/α,β-unsaturated/α-hetero) is 1. The van der Waals surface area contributed by atoms with E-state index in [-0.39, 0.29) is 0 Å². The Balaban J connectivity index is 2.91. The summed E-state index contributed by atoms with van der Waals surface area (Å²) in [5.41, 5.74) is 0. The van der Waals surface area contributed by atoms with E-state index in [9.17, 15) is 9.70 Å². The van der Waals surface area contributed by atoms with Crippen LogP contribution in [0, 0.1) is 4.91 Å². The van der Waals surface area contributed by atoms with E-state index < -0.39 is 36.2 Å². The zero-order valence-electron chi connectivity index (χ0n) is 6.44. The van der Waals surface area contributed by atoms with Gasteiger partial charge in [-0.3, -0.25) is 4.79 Å². The topological polar surface area (TPSA) is 127 Å². The maximum atomic E-state index is 10.9. The molecule has 0 aromatic rings. The fourth-order valence-corrected chi connectivity index (χ4v) is 1.20. The van der Waals surface area contributed by atoms with E-state index >= 15 is 0 Å². The first-order chi connectivity index (χ1) is 6.00. The predicted molar refractivity (Wildman–Crippen MR) is 38.6 cm³/mol. The van der Waals surface area contributed by atoms with Crippen molar-refractivity contribution in [2.75, 3.05) is 0 Å². The van der Waals surface area contributed by atoms with E-state index in [1.807, 2.05) is 0 Å². The highest BCUT2D eigenvalue weighted by Crippen LogP contribution is 2.19. The van der Waals surface area contributed by atoms with E-state index in [1.54, 1.807) is 0 Å². The average molecular weight is 191 g/mol. The summed E-state index contributed by atoms with van der Waals surface area (Å²) >= 11 is 0. The molecule has 0 aromatic carbocycles. The van der Waals surface area contributed by atoms with Gasteiger partial charge in [-0.2, -0.15) is 0 Å². The third-order valence-electron chi connectivity index (χ3n) is 2.04. The molecule has 74 valence electrons. The number of aliphatic hydroxyl groups is 4. The van der Waals surface area contributed by atoms with Crippen LogP contribution < -0.4 is 0 Å². The molecule has 7 nitrogen and oxygen atoms in total. The van der Waals surface area contributed by atoms with Crippen molar-refractivity contribution in [3.8, 4) is 0 Å². The van der Waals surface area contributed by atoms with Crippen LogP contribution in [0.1, 0.15) is 0 Å². The fourth-order valence-electron chi connectivity index (χ4n) is 1.20. The van der Waals surface area contributed by atoms with Crippen LogP contribution in [0.15, 0.2) is 5.18 Å². The molecule has 1 aliphatic carbocycles. The lowest BCUT2D eigenvalue weighted by molar-refractivity contribution is -0.166. The minimum absolute atomic E-state index is 1.08. The molecule has 0 aromatic heterocycles. The number of nitrogens with zero attached hydrogens (tertiary/aromatic N) is 1. The van der Waals surface area contributed by atoms with Gasteiger partial charge >= 0.3 is 0 Å². The van der Waals surface area contributed by atoms with Gasteiger partial charge in [-0.1, -0.05) is 5.18 Å². The number of aliphatic hydroxyl groups excluding tert-OH is 4. The molecule has 0 spiro atoms. The second-order valence-corrected chi connectivity index (χ2v) is 2.87. The number of nitroso groups, excluding NO2 is 1. The number of rotatable bonds is 1. The third-order valence-corrected chi connectivity index (χ3v) is 2.04. The van der Waals surface area contributed by atoms with Crippen LogP contribution in [-0.2, 0) is 4.79 Å². The number of hydrogen-bond acceptors (Lipinski definition) is 7. The standard InChI is InChI=1S/C6H9NO6/c8-2-1(7-13)3(9)5(11)6(12)4(2)10/h1-2,4-6,8,10-12H/t1-,2+,4-,5+,6+/m0/s1. The van der Waals surface area contributed by atoms with Gasteiger partial charge in [0.1, 0.15) is 24.4 Å². The minimum atomic E-state index is -1.87. The molecule has 4 N–H and O–H groups in total. The Labute approximate surface area is 72.6 Å². The van der Waals surface area contributed by atoms with Crippen molar-refractivity contribution in [3.63, 3.8) is 0 Å². The summed E-state index contributed by atoms with van der Waals surface area (Å²) in [5, 5.41) is 38.3. The van der Waals surface area contributed by atoms with Crippen LogP contribution in [-0.4, -0.2) is 56.7 Å². The van der Waals surface area contributed by atoms with Crippen LogP contribution in [0.2, 0.25) is 0 Å². The molecule has 0 amide bonds. The van der Waals surface area contributed by atoms with Crippen LogP contribution >= 0.6 is 0 Å². The lowest BCUT2D eigenvalue weighted by atomic mass is 9.85. The van der Waals surface area contributed by atoms with E-state index in [0.29, 0.717) is 0 Å². The highest BCUT2D eigenvalue weighted by Gasteiger charge is 2.49. The first kappa shape index (κ1) is 10.2. The van der Waals surface area contributed by atoms with Gasteiger partial charge in [-0.25, -0.2) is 0 Å². The molecule has 1 rings (SSSR count). The minimum Gasteiger partial charge on any atom is -0.387 e. The molecule has 0 saturated heterocycles. The van der Waals surface area contributed by atoms with Gasteiger partial charge in [0, 0.05) is 0 Å². The Morgan fingerprint density at radius 2 is 1.54 bits per heavy atom. The maximum Gasteiger partial charge on any atom is 0.194 e. The Morgan fingerprint density at radius 1 is 1.00 bits per heavy atom. The largest absolute Gasteiger partial charge is 0.387 e. The first-order valence-electron chi connectivity index (χ1n) is 3.59. The van der Waals surface area contributed by atoms with Crippen molar-refractivity contribution in [2.45, 2.75) is 30.5 Å². The Bertz CT molecular complexity index is 231. The van der Waals surface area contributed by atoms with Gasteiger partial charge in [0.25, 0.3) is 0 Å². The Hall–Kier alpha value is -0.890.